The van der Waals surface area contributed by atoms with Gasteiger partial charge < -0.3 is 19.1 Å². The minimum atomic E-state index is -0.459. The smallest absolute Gasteiger partial charge is 0.410 e. The lowest BCUT2D eigenvalue weighted by molar-refractivity contribution is -0.140. The molecule has 0 saturated carbocycles. The lowest BCUT2D eigenvalue weighted by atomic mass is 9.90. The molecule has 1 aliphatic rings. The number of nitrogens with zero attached hydrogens (tertiary/aromatic N) is 1. The lowest BCUT2D eigenvalue weighted by Crippen LogP contribution is -2.42. The molecule has 146 valence electrons. The molecule has 1 fully saturated rings. The van der Waals surface area contributed by atoms with Gasteiger partial charge in [0.15, 0.2) is 6.29 Å². The molecule has 1 amide bonds. The summed E-state index contributed by atoms with van der Waals surface area (Å²) in [5, 5.41) is 0. The van der Waals surface area contributed by atoms with Crippen molar-refractivity contribution in [3.05, 3.63) is 35.4 Å². The topological polar surface area (TPSA) is 48.0 Å². The van der Waals surface area contributed by atoms with Crippen LogP contribution in [0.25, 0.3) is 0 Å². The summed E-state index contributed by atoms with van der Waals surface area (Å²) in [6, 6.07) is 8.39. The van der Waals surface area contributed by atoms with Crippen LogP contribution in [0.5, 0.6) is 0 Å². The van der Waals surface area contributed by atoms with Gasteiger partial charge in [0.1, 0.15) is 5.60 Å². The van der Waals surface area contributed by atoms with Gasteiger partial charge in [-0.25, -0.2) is 4.79 Å². The first-order valence-electron chi connectivity index (χ1n) is 9.65. The van der Waals surface area contributed by atoms with E-state index in [0.29, 0.717) is 25.7 Å². The van der Waals surface area contributed by atoms with Crippen LogP contribution in [0.2, 0.25) is 0 Å². The van der Waals surface area contributed by atoms with E-state index in [1.165, 1.54) is 5.56 Å². The number of rotatable bonds is 6. The van der Waals surface area contributed by atoms with Gasteiger partial charge in [0, 0.05) is 37.8 Å². The molecule has 0 spiro atoms. The number of amides is 1. The Kier molecular flexibility index (Phi) is 7.47. The Morgan fingerprint density at radius 2 is 1.77 bits per heavy atom. The van der Waals surface area contributed by atoms with Crippen LogP contribution < -0.4 is 0 Å². The molecule has 1 heterocycles. The van der Waals surface area contributed by atoms with E-state index < -0.39 is 5.60 Å². The Hall–Kier alpha value is -1.59. The van der Waals surface area contributed by atoms with Gasteiger partial charge in [-0.05, 0) is 53.0 Å². The summed E-state index contributed by atoms with van der Waals surface area (Å²) < 4.78 is 16.8. The molecule has 0 N–H and O–H groups in total. The van der Waals surface area contributed by atoms with Crippen LogP contribution in [0.4, 0.5) is 4.79 Å². The van der Waals surface area contributed by atoms with Crippen molar-refractivity contribution in [1.29, 1.82) is 0 Å². The summed E-state index contributed by atoms with van der Waals surface area (Å²) in [4.78, 5) is 14.2. The quantitative estimate of drug-likeness (QED) is 0.676. The molecular weight excluding hydrogens is 330 g/mol. The summed E-state index contributed by atoms with van der Waals surface area (Å²) >= 11 is 0. The van der Waals surface area contributed by atoms with Crippen molar-refractivity contribution in [1.82, 2.24) is 4.90 Å². The zero-order valence-electron chi connectivity index (χ0n) is 16.8. The van der Waals surface area contributed by atoms with Crippen molar-refractivity contribution in [2.24, 2.45) is 0 Å². The molecule has 0 aliphatic carbocycles. The number of ether oxygens (including phenoxy) is 3. The molecule has 0 aromatic heterocycles. The first kappa shape index (κ1) is 20.7. The summed E-state index contributed by atoms with van der Waals surface area (Å²) in [5.74, 6) is 0.336. The van der Waals surface area contributed by atoms with Crippen LogP contribution in [-0.4, -0.2) is 42.9 Å². The summed E-state index contributed by atoms with van der Waals surface area (Å²) in [6.07, 6.45) is 1.54. The molecule has 0 radical (unpaired) electrons. The molecular formula is C21H33NO4. The number of likely N-dealkylation sites (tertiary alicyclic amines) is 1. The first-order valence-corrected chi connectivity index (χ1v) is 9.65. The molecule has 5 heteroatoms. The van der Waals surface area contributed by atoms with E-state index in [2.05, 4.69) is 24.3 Å². The fourth-order valence-electron chi connectivity index (χ4n) is 3.21. The molecule has 1 aromatic rings. The highest BCUT2D eigenvalue weighted by molar-refractivity contribution is 5.68. The lowest BCUT2D eigenvalue weighted by Gasteiger charge is -2.34. The highest BCUT2D eigenvalue weighted by Gasteiger charge is 2.28. The van der Waals surface area contributed by atoms with E-state index >= 15 is 0 Å². The molecule has 0 bridgehead atoms. The van der Waals surface area contributed by atoms with E-state index in [0.717, 1.165) is 24.9 Å². The van der Waals surface area contributed by atoms with Crippen LogP contribution in [-0.2, 0) is 14.2 Å². The number of hydrogen-bond acceptors (Lipinski definition) is 4. The summed E-state index contributed by atoms with van der Waals surface area (Å²) in [7, 11) is 0. The zero-order chi connectivity index (χ0) is 19.2. The second-order valence-electron chi connectivity index (χ2n) is 7.67. The number of hydrogen-bond donors (Lipinski definition) is 0. The van der Waals surface area contributed by atoms with Gasteiger partial charge in [0.25, 0.3) is 0 Å². The van der Waals surface area contributed by atoms with Crippen molar-refractivity contribution >= 4 is 6.09 Å². The van der Waals surface area contributed by atoms with E-state index in [9.17, 15) is 4.79 Å². The van der Waals surface area contributed by atoms with Crippen LogP contribution in [0.1, 0.15) is 70.8 Å². The predicted octanol–water partition coefficient (Wildman–Crippen LogP) is 4.87. The largest absolute Gasteiger partial charge is 0.444 e. The zero-order valence-corrected chi connectivity index (χ0v) is 16.8. The fourth-order valence-corrected chi connectivity index (χ4v) is 3.21. The minimum absolute atomic E-state index is 0.216. The maximum Gasteiger partial charge on any atom is 0.410 e. The Morgan fingerprint density at radius 3 is 2.31 bits per heavy atom. The minimum Gasteiger partial charge on any atom is -0.444 e. The van der Waals surface area contributed by atoms with Crippen molar-refractivity contribution in [2.45, 2.75) is 65.3 Å². The first-order chi connectivity index (χ1) is 12.3. The van der Waals surface area contributed by atoms with E-state index in [-0.39, 0.29) is 12.4 Å². The monoisotopic (exact) mass is 363 g/mol. The predicted molar refractivity (Wildman–Crippen MR) is 102 cm³/mol. The van der Waals surface area contributed by atoms with Crippen molar-refractivity contribution in [3.8, 4) is 0 Å². The van der Waals surface area contributed by atoms with Crippen LogP contribution in [0.15, 0.2) is 24.3 Å². The highest BCUT2D eigenvalue weighted by Crippen LogP contribution is 2.29. The summed E-state index contributed by atoms with van der Waals surface area (Å²) in [5.41, 5.74) is 1.81. The molecule has 1 saturated heterocycles. The number of carbonyl (C=O) groups excluding carboxylic acids is 1. The van der Waals surface area contributed by atoms with Crippen LogP contribution in [0.3, 0.4) is 0 Å². The van der Waals surface area contributed by atoms with Crippen molar-refractivity contribution < 1.29 is 19.0 Å². The van der Waals surface area contributed by atoms with Gasteiger partial charge in [-0.1, -0.05) is 24.3 Å². The second kappa shape index (κ2) is 9.38. The summed E-state index contributed by atoms with van der Waals surface area (Å²) in [6.45, 7) is 12.3. The Labute approximate surface area is 157 Å². The Morgan fingerprint density at radius 1 is 1.15 bits per heavy atom. The maximum atomic E-state index is 12.3. The van der Waals surface area contributed by atoms with Gasteiger partial charge in [0.2, 0.25) is 0 Å². The van der Waals surface area contributed by atoms with Gasteiger partial charge in [-0.2, -0.15) is 0 Å². The van der Waals surface area contributed by atoms with E-state index in [1.54, 1.807) is 0 Å². The van der Waals surface area contributed by atoms with Gasteiger partial charge >= 0.3 is 6.09 Å². The van der Waals surface area contributed by atoms with Crippen LogP contribution in [0, 0.1) is 0 Å². The normalized spacial score (nSPS) is 18.2. The molecule has 5 nitrogen and oxygen atoms in total. The van der Waals surface area contributed by atoms with Crippen molar-refractivity contribution in [2.75, 3.05) is 26.3 Å². The van der Waals surface area contributed by atoms with E-state index in [1.807, 2.05) is 39.5 Å². The average Bonchev–Trinajstić information content (AvgIpc) is 2.60. The molecule has 1 aliphatic heterocycles. The molecule has 1 atom stereocenters. The Bertz CT molecular complexity index is 558. The molecule has 2 rings (SSSR count). The second-order valence-corrected chi connectivity index (χ2v) is 7.67. The molecule has 1 unspecified atom stereocenters. The van der Waals surface area contributed by atoms with Gasteiger partial charge in [-0.15, -0.1) is 0 Å². The number of benzene rings is 1. The maximum absolute atomic E-state index is 12.3. The van der Waals surface area contributed by atoms with Gasteiger partial charge in [0.05, 0.1) is 0 Å². The third-order valence-corrected chi connectivity index (χ3v) is 4.39. The number of piperidine rings is 1. The van der Waals surface area contributed by atoms with Crippen LogP contribution >= 0.6 is 0 Å². The third-order valence-electron chi connectivity index (χ3n) is 4.39. The SMILES string of the molecule is CCOC(OCC)c1ccc(C2CCCN(C(=O)OC(C)(C)C)C2)cc1. The highest BCUT2D eigenvalue weighted by atomic mass is 16.7. The van der Waals surface area contributed by atoms with Gasteiger partial charge in [-0.3, -0.25) is 0 Å². The fraction of sp³-hybridized carbons (Fsp3) is 0.667. The standard InChI is InChI=1S/C21H33NO4/c1-6-24-19(25-7-2)17-12-10-16(11-13-17)18-9-8-14-22(15-18)20(23)26-21(3,4)5/h10-13,18-19H,6-9,14-15H2,1-5H3. The Balaban J connectivity index is 2.02. The third kappa shape index (κ3) is 5.99. The average molecular weight is 363 g/mol. The van der Waals surface area contributed by atoms with Crippen molar-refractivity contribution in [3.63, 3.8) is 0 Å². The number of carbonyl (C=O) groups is 1. The molecule has 1 aromatic carbocycles. The molecule has 26 heavy (non-hydrogen) atoms. The van der Waals surface area contributed by atoms with E-state index in [4.69, 9.17) is 14.2 Å².